The van der Waals surface area contributed by atoms with Crippen LogP contribution in [0.2, 0.25) is 0 Å². The Morgan fingerprint density at radius 1 is 1.11 bits per heavy atom. The summed E-state index contributed by atoms with van der Waals surface area (Å²) in [4.78, 5) is 24.6. The van der Waals surface area contributed by atoms with Crippen LogP contribution in [0, 0.1) is 5.82 Å². The molecule has 1 atom stereocenters. The van der Waals surface area contributed by atoms with E-state index in [4.69, 9.17) is 0 Å². The molecule has 2 aromatic heterocycles. The molecule has 1 aliphatic rings. The molecule has 1 N–H and O–H groups in total. The SMILES string of the molecule is CC(Nc1ncnc2ncc(-c3ccc(F)cc3)cc12)C1=CC=CC(=O)C1. The van der Waals surface area contributed by atoms with Crippen LogP contribution in [-0.4, -0.2) is 26.8 Å². The number of nitrogens with zero attached hydrogens (tertiary/aromatic N) is 3. The van der Waals surface area contributed by atoms with Crippen molar-refractivity contribution in [3.63, 3.8) is 0 Å². The van der Waals surface area contributed by atoms with Gasteiger partial charge in [-0.3, -0.25) is 4.79 Å². The average Bonchev–Trinajstić information content (AvgIpc) is 2.68. The Kier molecular flexibility index (Phi) is 4.46. The summed E-state index contributed by atoms with van der Waals surface area (Å²) in [5.74, 6) is 0.456. The van der Waals surface area contributed by atoms with Crippen molar-refractivity contribution in [2.75, 3.05) is 5.32 Å². The van der Waals surface area contributed by atoms with Crippen LogP contribution in [0.4, 0.5) is 10.2 Å². The molecular weight excluding hydrogens is 343 g/mol. The number of hydrogen-bond donors (Lipinski definition) is 1. The Morgan fingerprint density at radius 2 is 1.93 bits per heavy atom. The maximum atomic E-state index is 13.2. The highest BCUT2D eigenvalue weighted by molar-refractivity contribution is 5.93. The van der Waals surface area contributed by atoms with E-state index in [2.05, 4.69) is 20.3 Å². The lowest BCUT2D eigenvalue weighted by atomic mass is 9.98. The highest BCUT2D eigenvalue weighted by Gasteiger charge is 2.16. The van der Waals surface area contributed by atoms with E-state index in [9.17, 15) is 9.18 Å². The third-order valence-corrected chi connectivity index (χ3v) is 4.55. The number of benzene rings is 1. The molecule has 0 radical (unpaired) electrons. The number of aromatic nitrogens is 3. The van der Waals surface area contributed by atoms with Crippen molar-refractivity contribution in [3.8, 4) is 11.1 Å². The van der Waals surface area contributed by atoms with Gasteiger partial charge in [0.1, 0.15) is 18.0 Å². The van der Waals surface area contributed by atoms with Crippen molar-refractivity contribution in [1.82, 2.24) is 15.0 Å². The van der Waals surface area contributed by atoms with Gasteiger partial charge >= 0.3 is 0 Å². The summed E-state index contributed by atoms with van der Waals surface area (Å²) in [7, 11) is 0. The number of carbonyl (C=O) groups excluding carboxylic acids is 1. The minimum absolute atomic E-state index is 0.0634. The molecular formula is C21H17FN4O. The molecule has 1 unspecified atom stereocenters. The number of nitrogens with one attached hydrogen (secondary N) is 1. The molecule has 0 aliphatic heterocycles. The van der Waals surface area contributed by atoms with Gasteiger partial charge in [-0.05, 0) is 42.3 Å². The van der Waals surface area contributed by atoms with E-state index >= 15 is 0 Å². The van der Waals surface area contributed by atoms with Crippen LogP contribution in [-0.2, 0) is 4.79 Å². The molecule has 5 nitrogen and oxygen atoms in total. The smallest absolute Gasteiger partial charge is 0.164 e. The van der Waals surface area contributed by atoms with Gasteiger partial charge in [0, 0.05) is 24.2 Å². The molecule has 6 heteroatoms. The number of carbonyl (C=O) groups is 1. The van der Waals surface area contributed by atoms with Crippen LogP contribution in [0.5, 0.6) is 0 Å². The van der Waals surface area contributed by atoms with E-state index in [1.807, 2.05) is 19.1 Å². The number of fused-ring (bicyclic) bond motifs is 1. The van der Waals surface area contributed by atoms with Crippen LogP contribution < -0.4 is 5.32 Å². The number of halogens is 1. The Labute approximate surface area is 155 Å². The van der Waals surface area contributed by atoms with Crippen molar-refractivity contribution in [1.29, 1.82) is 0 Å². The van der Waals surface area contributed by atoms with Gasteiger partial charge in [0.15, 0.2) is 11.4 Å². The van der Waals surface area contributed by atoms with Gasteiger partial charge in [0.05, 0.1) is 5.39 Å². The van der Waals surface area contributed by atoms with E-state index in [-0.39, 0.29) is 17.6 Å². The van der Waals surface area contributed by atoms with Crippen LogP contribution in [0.3, 0.4) is 0 Å². The second-order valence-corrected chi connectivity index (χ2v) is 6.43. The first-order chi connectivity index (χ1) is 13.1. The van der Waals surface area contributed by atoms with Gasteiger partial charge in [-0.2, -0.15) is 0 Å². The van der Waals surface area contributed by atoms with Gasteiger partial charge in [0.2, 0.25) is 0 Å². The van der Waals surface area contributed by atoms with Crippen molar-refractivity contribution < 1.29 is 9.18 Å². The van der Waals surface area contributed by atoms with Crippen molar-refractivity contribution in [2.45, 2.75) is 19.4 Å². The van der Waals surface area contributed by atoms with E-state index < -0.39 is 0 Å². The van der Waals surface area contributed by atoms with Crippen molar-refractivity contribution in [3.05, 3.63) is 72.5 Å². The predicted molar refractivity (Wildman–Crippen MR) is 103 cm³/mol. The molecule has 3 aromatic rings. The zero-order valence-electron chi connectivity index (χ0n) is 14.7. The van der Waals surface area contributed by atoms with E-state index in [1.54, 1.807) is 30.5 Å². The van der Waals surface area contributed by atoms with E-state index in [1.165, 1.54) is 18.5 Å². The van der Waals surface area contributed by atoms with Gasteiger partial charge in [0.25, 0.3) is 0 Å². The van der Waals surface area contributed by atoms with Crippen molar-refractivity contribution >= 4 is 22.6 Å². The number of anilines is 1. The molecule has 0 spiro atoms. The molecule has 0 saturated heterocycles. The number of pyridine rings is 1. The van der Waals surface area contributed by atoms with Crippen LogP contribution in [0.1, 0.15) is 13.3 Å². The number of allylic oxidation sites excluding steroid dienone is 3. The third-order valence-electron chi connectivity index (χ3n) is 4.55. The first-order valence-corrected chi connectivity index (χ1v) is 8.63. The lowest BCUT2D eigenvalue weighted by Gasteiger charge is -2.19. The van der Waals surface area contributed by atoms with Crippen LogP contribution >= 0.6 is 0 Å². The summed E-state index contributed by atoms with van der Waals surface area (Å²) in [6.45, 7) is 1.99. The van der Waals surface area contributed by atoms with E-state index in [0.717, 1.165) is 22.1 Å². The van der Waals surface area contributed by atoms with E-state index in [0.29, 0.717) is 17.9 Å². The summed E-state index contributed by atoms with van der Waals surface area (Å²) in [5.41, 5.74) is 3.28. The molecule has 0 amide bonds. The first kappa shape index (κ1) is 17.0. The molecule has 27 heavy (non-hydrogen) atoms. The number of rotatable bonds is 4. The summed E-state index contributed by atoms with van der Waals surface area (Å²) in [5, 5.41) is 4.13. The number of hydrogen-bond acceptors (Lipinski definition) is 5. The quantitative estimate of drug-likeness (QED) is 0.759. The van der Waals surface area contributed by atoms with Crippen LogP contribution in [0.15, 0.2) is 66.7 Å². The molecule has 4 rings (SSSR count). The molecule has 1 aliphatic carbocycles. The highest BCUT2D eigenvalue weighted by atomic mass is 19.1. The molecule has 0 saturated carbocycles. The molecule has 0 fully saturated rings. The third kappa shape index (κ3) is 3.60. The molecule has 134 valence electrons. The number of ketones is 1. The molecule has 1 aromatic carbocycles. The Bertz CT molecular complexity index is 1070. The average molecular weight is 360 g/mol. The van der Waals surface area contributed by atoms with Gasteiger partial charge in [-0.25, -0.2) is 19.3 Å². The maximum Gasteiger partial charge on any atom is 0.164 e. The highest BCUT2D eigenvalue weighted by Crippen LogP contribution is 2.27. The van der Waals surface area contributed by atoms with Gasteiger partial charge in [-0.1, -0.05) is 24.3 Å². The molecule has 0 bridgehead atoms. The second-order valence-electron chi connectivity index (χ2n) is 6.43. The topological polar surface area (TPSA) is 67.8 Å². The standard InChI is InChI=1S/C21H17FN4O/c1-13(15-3-2-4-18(27)9-15)26-21-19-10-16(11-23-20(19)24-12-25-21)14-5-7-17(22)8-6-14/h2-8,10-13H,9H2,1H3,(H,23,24,25,26). The molecule has 2 heterocycles. The normalized spacial score (nSPS) is 14.9. The minimum atomic E-state index is -0.281. The second kappa shape index (κ2) is 7.07. The lowest BCUT2D eigenvalue weighted by molar-refractivity contribution is -0.114. The zero-order chi connectivity index (χ0) is 18.8. The minimum Gasteiger partial charge on any atom is -0.363 e. The zero-order valence-corrected chi connectivity index (χ0v) is 14.7. The first-order valence-electron chi connectivity index (χ1n) is 8.63. The fraction of sp³-hybridized carbons (Fsp3) is 0.143. The van der Waals surface area contributed by atoms with Crippen molar-refractivity contribution in [2.24, 2.45) is 0 Å². The fourth-order valence-electron chi connectivity index (χ4n) is 3.05. The van der Waals surface area contributed by atoms with Gasteiger partial charge in [-0.15, -0.1) is 0 Å². The monoisotopic (exact) mass is 360 g/mol. The lowest BCUT2D eigenvalue weighted by Crippen LogP contribution is -2.21. The predicted octanol–water partition coefficient (Wildman–Crippen LogP) is 4.09. The summed E-state index contributed by atoms with van der Waals surface area (Å²) in [6.07, 6.45) is 8.86. The summed E-state index contributed by atoms with van der Waals surface area (Å²) >= 11 is 0. The fourth-order valence-corrected chi connectivity index (χ4v) is 3.05. The summed E-state index contributed by atoms with van der Waals surface area (Å²) < 4.78 is 13.2. The largest absolute Gasteiger partial charge is 0.363 e. The van der Waals surface area contributed by atoms with Crippen LogP contribution in [0.25, 0.3) is 22.2 Å². The van der Waals surface area contributed by atoms with Gasteiger partial charge < -0.3 is 5.32 Å². The Hall–Kier alpha value is -3.41. The summed E-state index contributed by atoms with van der Waals surface area (Å²) in [6, 6.07) is 8.13. The Morgan fingerprint density at radius 3 is 2.70 bits per heavy atom. The Balaban J connectivity index is 1.69. The maximum absolute atomic E-state index is 13.2.